The Morgan fingerprint density at radius 3 is 2.56 bits per heavy atom. The van der Waals surface area contributed by atoms with Gasteiger partial charge in [0, 0.05) is 12.2 Å². The number of nitrogens with one attached hydrogen (secondary N) is 1. The van der Waals surface area contributed by atoms with Crippen molar-refractivity contribution in [2.75, 3.05) is 12.3 Å². The minimum absolute atomic E-state index is 0.300. The van der Waals surface area contributed by atoms with Crippen molar-refractivity contribution >= 4 is 15.7 Å². The van der Waals surface area contributed by atoms with E-state index < -0.39 is 10.0 Å². The Morgan fingerprint density at radius 1 is 1.33 bits per heavy atom. The number of hydrogen-bond donors (Lipinski definition) is 2. The van der Waals surface area contributed by atoms with Crippen molar-refractivity contribution in [3.8, 4) is 0 Å². The molecule has 0 aliphatic carbocycles. The first-order chi connectivity index (χ1) is 8.36. The number of aryl methyl sites for hydroxylation is 1. The van der Waals surface area contributed by atoms with Gasteiger partial charge in [-0.1, -0.05) is 26.8 Å². The molecular weight excluding hydrogens is 248 g/mol. The molecule has 1 rings (SSSR count). The van der Waals surface area contributed by atoms with Gasteiger partial charge in [0.1, 0.15) is 0 Å². The number of nitrogens with two attached hydrogens (primary N) is 1. The van der Waals surface area contributed by atoms with Gasteiger partial charge >= 0.3 is 0 Å². The highest BCUT2D eigenvalue weighted by Gasteiger charge is 2.17. The Morgan fingerprint density at radius 2 is 2.00 bits per heavy atom. The SMILES string of the molecule is CCc1ccc(N)cc1S(=O)(=O)NCCC(C)C. The third-order valence-corrected chi connectivity index (χ3v) is 4.32. The average molecular weight is 270 g/mol. The zero-order valence-corrected chi connectivity index (χ0v) is 12.0. The molecule has 0 amide bonds. The van der Waals surface area contributed by atoms with E-state index in [1.165, 1.54) is 6.07 Å². The summed E-state index contributed by atoms with van der Waals surface area (Å²) in [5, 5.41) is 0. The number of hydrogen-bond acceptors (Lipinski definition) is 3. The van der Waals surface area contributed by atoms with Crippen LogP contribution in [0.1, 0.15) is 32.8 Å². The summed E-state index contributed by atoms with van der Waals surface area (Å²) in [7, 11) is -3.45. The van der Waals surface area contributed by atoms with Gasteiger partial charge in [0.15, 0.2) is 0 Å². The Kier molecular flexibility index (Phi) is 5.16. The van der Waals surface area contributed by atoms with Gasteiger partial charge in [0.05, 0.1) is 4.90 Å². The van der Waals surface area contributed by atoms with E-state index in [0.717, 1.165) is 12.0 Å². The summed E-state index contributed by atoms with van der Waals surface area (Å²) in [6.45, 7) is 6.51. The minimum atomic E-state index is -3.45. The number of nitrogen functional groups attached to an aromatic ring is 1. The number of anilines is 1. The van der Waals surface area contributed by atoms with Crippen LogP contribution in [0.2, 0.25) is 0 Å². The first-order valence-electron chi connectivity index (χ1n) is 6.25. The molecule has 0 saturated carbocycles. The monoisotopic (exact) mass is 270 g/mol. The molecule has 0 atom stereocenters. The highest BCUT2D eigenvalue weighted by atomic mass is 32.2. The molecular formula is C13H22N2O2S. The number of benzene rings is 1. The Hall–Kier alpha value is -1.07. The summed E-state index contributed by atoms with van der Waals surface area (Å²) in [6.07, 6.45) is 1.49. The molecule has 18 heavy (non-hydrogen) atoms. The topological polar surface area (TPSA) is 72.2 Å². The van der Waals surface area contributed by atoms with Gasteiger partial charge in [-0.3, -0.25) is 0 Å². The smallest absolute Gasteiger partial charge is 0.240 e. The second-order valence-electron chi connectivity index (χ2n) is 4.80. The number of rotatable bonds is 6. The Labute approximate surface area is 110 Å². The molecule has 0 unspecified atom stereocenters. The van der Waals surface area contributed by atoms with E-state index in [4.69, 9.17) is 5.73 Å². The average Bonchev–Trinajstić information content (AvgIpc) is 2.28. The molecule has 0 bridgehead atoms. The van der Waals surface area contributed by atoms with E-state index in [-0.39, 0.29) is 0 Å². The van der Waals surface area contributed by atoms with Gasteiger partial charge in [-0.15, -0.1) is 0 Å². The Bertz CT molecular complexity index is 496. The van der Waals surface area contributed by atoms with E-state index in [2.05, 4.69) is 18.6 Å². The van der Waals surface area contributed by atoms with Crippen LogP contribution in [0, 0.1) is 5.92 Å². The van der Waals surface area contributed by atoms with E-state index in [0.29, 0.717) is 29.5 Å². The van der Waals surface area contributed by atoms with E-state index in [1.807, 2.05) is 6.92 Å². The molecule has 102 valence electrons. The van der Waals surface area contributed by atoms with Gasteiger partial charge in [0.25, 0.3) is 0 Å². The third kappa shape index (κ3) is 3.99. The lowest BCUT2D eigenvalue weighted by Gasteiger charge is -2.12. The largest absolute Gasteiger partial charge is 0.399 e. The maximum absolute atomic E-state index is 12.2. The molecule has 0 radical (unpaired) electrons. The molecule has 0 aromatic heterocycles. The van der Waals surface area contributed by atoms with Crippen LogP contribution in [0.3, 0.4) is 0 Å². The molecule has 5 heteroatoms. The molecule has 0 aliphatic heterocycles. The minimum Gasteiger partial charge on any atom is -0.399 e. The number of sulfonamides is 1. The van der Waals surface area contributed by atoms with Crippen molar-refractivity contribution < 1.29 is 8.42 Å². The fourth-order valence-electron chi connectivity index (χ4n) is 1.67. The van der Waals surface area contributed by atoms with Gasteiger partial charge in [-0.05, 0) is 36.5 Å². The second kappa shape index (κ2) is 6.20. The predicted molar refractivity (Wildman–Crippen MR) is 74.9 cm³/mol. The van der Waals surface area contributed by atoms with Crippen LogP contribution in [0.4, 0.5) is 5.69 Å². The predicted octanol–water partition coefficient (Wildman–Crippen LogP) is 2.16. The lowest BCUT2D eigenvalue weighted by atomic mass is 10.1. The van der Waals surface area contributed by atoms with Gasteiger partial charge in [-0.25, -0.2) is 13.1 Å². The fourth-order valence-corrected chi connectivity index (χ4v) is 3.06. The van der Waals surface area contributed by atoms with E-state index in [1.54, 1.807) is 12.1 Å². The molecule has 0 saturated heterocycles. The van der Waals surface area contributed by atoms with Crippen molar-refractivity contribution in [3.05, 3.63) is 23.8 Å². The molecule has 0 fully saturated rings. The van der Waals surface area contributed by atoms with Crippen LogP contribution in [-0.2, 0) is 16.4 Å². The van der Waals surface area contributed by atoms with E-state index in [9.17, 15) is 8.42 Å². The summed E-state index contributed by atoms with van der Waals surface area (Å²) < 4.78 is 27.0. The molecule has 0 spiro atoms. The van der Waals surface area contributed by atoms with Crippen LogP contribution in [-0.4, -0.2) is 15.0 Å². The first kappa shape index (κ1) is 15.0. The van der Waals surface area contributed by atoms with Crippen LogP contribution in [0.25, 0.3) is 0 Å². The summed E-state index contributed by atoms with van der Waals surface area (Å²) in [4.78, 5) is 0.300. The van der Waals surface area contributed by atoms with Crippen molar-refractivity contribution in [3.63, 3.8) is 0 Å². The van der Waals surface area contributed by atoms with Crippen molar-refractivity contribution in [1.82, 2.24) is 4.72 Å². The second-order valence-corrected chi connectivity index (χ2v) is 6.54. The molecule has 4 nitrogen and oxygen atoms in total. The maximum atomic E-state index is 12.2. The van der Waals surface area contributed by atoms with Crippen molar-refractivity contribution in [2.24, 2.45) is 5.92 Å². The highest BCUT2D eigenvalue weighted by molar-refractivity contribution is 7.89. The van der Waals surface area contributed by atoms with Crippen LogP contribution < -0.4 is 10.5 Å². The summed E-state index contributed by atoms with van der Waals surface area (Å²) in [5.41, 5.74) is 6.93. The third-order valence-electron chi connectivity index (χ3n) is 2.78. The van der Waals surface area contributed by atoms with Crippen LogP contribution in [0.15, 0.2) is 23.1 Å². The standard InChI is InChI=1S/C13H22N2O2S/c1-4-11-5-6-12(14)9-13(11)18(16,17)15-8-7-10(2)3/h5-6,9-10,15H,4,7-8,14H2,1-3H3. The van der Waals surface area contributed by atoms with Gasteiger partial charge in [-0.2, -0.15) is 0 Å². The highest BCUT2D eigenvalue weighted by Crippen LogP contribution is 2.19. The van der Waals surface area contributed by atoms with Crippen LogP contribution >= 0.6 is 0 Å². The molecule has 1 aromatic carbocycles. The molecule has 1 aromatic rings. The first-order valence-corrected chi connectivity index (χ1v) is 7.73. The molecule has 0 heterocycles. The van der Waals surface area contributed by atoms with Crippen molar-refractivity contribution in [1.29, 1.82) is 0 Å². The lowest BCUT2D eigenvalue weighted by molar-refractivity contribution is 0.551. The Balaban J connectivity index is 2.93. The maximum Gasteiger partial charge on any atom is 0.240 e. The summed E-state index contributed by atoms with van der Waals surface area (Å²) in [6, 6.07) is 5.02. The summed E-state index contributed by atoms with van der Waals surface area (Å²) >= 11 is 0. The molecule has 3 N–H and O–H groups in total. The fraction of sp³-hybridized carbons (Fsp3) is 0.538. The van der Waals surface area contributed by atoms with Crippen LogP contribution in [0.5, 0.6) is 0 Å². The summed E-state index contributed by atoms with van der Waals surface area (Å²) in [5.74, 6) is 0.471. The zero-order chi connectivity index (χ0) is 13.8. The molecule has 0 aliphatic rings. The zero-order valence-electron chi connectivity index (χ0n) is 11.2. The normalized spacial score (nSPS) is 12.0. The van der Waals surface area contributed by atoms with Gasteiger partial charge < -0.3 is 5.73 Å². The van der Waals surface area contributed by atoms with Gasteiger partial charge in [0.2, 0.25) is 10.0 Å². The van der Waals surface area contributed by atoms with Crippen molar-refractivity contribution in [2.45, 2.75) is 38.5 Å². The quantitative estimate of drug-likeness (QED) is 0.778. The van der Waals surface area contributed by atoms with E-state index >= 15 is 0 Å². The lowest BCUT2D eigenvalue weighted by Crippen LogP contribution is -2.26.